The van der Waals surface area contributed by atoms with Crippen LogP contribution in [-0.2, 0) is 14.3 Å². The summed E-state index contributed by atoms with van der Waals surface area (Å²) in [5.41, 5.74) is -0.338. The molecule has 4 heterocycles. The molecule has 4 rings (SSSR count). The number of ether oxygens (including phenoxy) is 3. The molecular formula is C20H26FN3O5. The summed E-state index contributed by atoms with van der Waals surface area (Å²) in [5, 5.41) is 0. The van der Waals surface area contributed by atoms with E-state index in [-0.39, 0.29) is 29.4 Å². The fourth-order valence-corrected chi connectivity index (χ4v) is 4.43. The van der Waals surface area contributed by atoms with Crippen molar-refractivity contribution >= 4 is 11.9 Å². The van der Waals surface area contributed by atoms with Crippen LogP contribution in [-0.4, -0.2) is 85.8 Å². The van der Waals surface area contributed by atoms with Crippen LogP contribution in [0.2, 0.25) is 0 Å². The third-order valence-corrected chi connectivity index (χ3v) is 6.15. The highest BCUT2D eigenvalue weighted by Crippen LogP contribution is 2.43. The number of amides is 1. The topological polar surface area (TPSA) is 81.2 Å². The standard InChI is InChI=1S/C20H26FN3O5/c1-27-17-16(21)10-14(12-22-17)18(25)24-4-2-20(3-5-24)11-15(29-19(20)26)13-23-6-8-28-9-7-23/h10,12,15H,2-9,11,13H2,1H3. The van der Waals surface area contributed by atoms with Crippen LogP contribution in [0.1, 0.15) is 29.6 Å². The first-order valence-electron chi connectivity index (χ1n) is 10.0. The van der Waals surface area contributed by atoms with Crippen LogP contribution >= 0.6 is 0 Å². The van der Waals surface area contributed by atoms with Gasteiger partial charge in [-0.05, 0) is 18.9 Å². The number of carbonyl (C=O) groups excluding carboxylic acids is 2. The number of hydrogen-bond donors (Lipinski definition) is 0. The second kappa shape index (κ2) is 8.23. The van der Waals surface area contributed by atoms with Gasteiger partial charge in [0.15, 0.2) is 5.82 Å². The fraction of sp³-hybridized carbons (Fsp3) is 0.650. The van der Waals surface area contributed by atoms with Crippen molar-refractivity contribution in [3.05, 3.63) is 23.6 Å². The van der Waals surface area contributed by atoms with Crippen molar-refractivity contribution < 1.29 is 28.2 Å². The number of piperidine rings is 1. The van der Waals surface area contributed by atoms with Gasteiger partial charge in [-0.3, -0.25) is 14.5 Å². The molecular weight excluding hydrogens is 381 g/mol. The quantitative estimate of drug-likeness (QED) is 0.692. The van der Waals surface area contributed by atoms with E-state index in [0.29, 0.717) is 45.6 Å². The molecule has 0 saturated carbocycles. The van der Waals surface area contributed by atoms with E-state index < -0.39 is 11.2 Å². The number of morpholine rings is 1. The van der Waals surface area contributed by atoms with Crippen molar-refractivity contribution in [1.82, 2.24) is 14.8 Å². The van der Waals surface area contributed by atoms with Crippen molar-refractivity contribution in [3.63, 3.8) is 0 Å². The number of rotatable bonds is 4. The lowest BCUT2D eigenvalue weighted by Gasteiger charge is -2.36. The van der Waals surface area contributed by atoms with Crippen LogP contribution < -0.4 is 4.74 Å². The summed E-state index contributed by atoms with van der Waals surface area (Å²) in [7, 11) is 1.32. The Balaban J connectivity index is 1.35. The monoisotopic (exact) mass is 407 g/mol. The van der Waals surface area contributed by atoms with Gasteiger partial charge in [-0.15, -0.1) is 0 Å². The zero-order chi connectivity index (χ0) is 20.4. The molecule has 3 fully saturated rings. The Bertz CT molecular complexity index is 775. The largest absolute Gasteiger partial charge is 0.479 e. The lowest BCUT2D eigenvalue weighted by atomic mass is 9.76. The highest BCUT2D eigenvalue weighted by atomic mass is 19.1. The summed E-state index contributed by atoms with van der Waals surface area (Å²) in [5.74, 6) is -1.25. The zero-order valence-electron chi connectivity index (χ0n) is 16.6. The molecule has 1 unspecified atom stereocenters. The number of cyclic esters (lactones) is 1. The van der Waals surface area contributed by atoms with E-state index in [9.17, 15) is 14.0 Å². The van der Waals surface area contributed by atoms with E-state index in [1.807, 2.05) is 0 Å². The molecule has 158 valence electrons. The van der Waals surface area contributed by atoms with Gasteiger partial charge in [0, 0.05) is 45.3 Å². The molecule has 1 aromatic heterocycles. The number of pyridine rings is 1. The fourth-order valence-electron chi connectivity index (χ4n) is 4.43. The van der Waals surface area contributed by atoms with E-state index in [0.717, 1.165) is 25.7 Å². The molecule has 1 aromatic rings. The van der Waals surface area contributed by atoms with Crippen LogP contribution in [0.5, 0.6) is 5.88 Å². The molecule has 0 aliphatic carbocycles. The summed E-state index contributed by atoms with van der Waals surface area (Å²) in [4.78, 5) is 33.1. The van der Waals surface area contributed by atoms with Crippen LogP contribution in [0.25, 0.3) is 0 Å². The van der Waals surface area contributed by atoms with Gasteiger partial charge in [0.2, 0.25) is 5.88 Å². The number of carbonyl (C=O) groups is 2. The molecule has 9 heteroatoms. The first kappa shape index (κ1) is 20.0. The Morgan fingerprint density at radius 2 is 2.03 bits per heavy atom. The molecule has 29 heavy (non-hydrogen) atoms. The number of nitrogens with zero attached hydrogens (tertiary/aromatic N) is 3. The van der Waals surface area contributed by atoms with Gasteiger partial charge in [0.25, 0.3) is 5.91 Å². The molecule has 1 spiro atoms. The minimum Gasteiger partial charge on any atom is -0.479 e. The summed E-state index contributed by atoms with van der Waals surface area (Å²) < 4.78 is 29.7. The Morgan fingerprint density at radius 1 is 1.31 bits per heavy atom. The predicted molar refractivity (Wildman–Crippen MR) is 100 cm³/mol. The molecule has 1 amide bonds. The molecule has 0 radical (unpaired) electrons. The van der Waals surface area contributed by atoms with E-state index in [1.165, 1.54) is 13.3 Å². The summed E-state index contributed by atoms with van der Waals surface area (Å²) in [6, 6.07) is 1.14. The summed E-state index contributed by atoms with van der Waals surface area (Å²) in [6.45, 7) is 4.74. The highest BCUT2D eigenvalue weighted by molar-refractivity contribution is 5.94. The summed E-state index contributed by atoms with van der Waals surface area (Å²) in [6.07, 6.45) is 3.01. The second-order valence-electron chi connectivity index (χ2n) is 7.93. The van der Waals surface area contributed by atoms with Gasteiger partial charge < -0.3 is 19.1 Å². The van der Waals surface area contributed by atoms with E-state index >= 15 is 0 Å². The molecule has 3 aliphatic rings. The Labute approximate surface area is 168 Å². The molecule has 0 bridgehead atoms. The first-order valence-corrected chi connectivity index (χ1v) is 10.0. The molecule has 1 atom stereocenters. The minimum atomic E-state index is -0.669. The van der Waals surface area contributed by atoms with Crippen molar-refractivity contribution in [2.75, 3.05) is 53.0 Å². The second-order valence-corrected chi connectivity index (χ2v) is 7.93. The first-order chi connectivity index (χ1) is 14.0. The lowest BCUT2D eigenvalue weighted by Crippen LogP contribution is -2.45. The SMILES string of the molecule is COc1ncc(C(=O)N2CCC3(CC2)CC(CN2CCOCC2)OC3=O)cc1F. The summed E-state index contributed by atoms with van der Waals surface area (Å²) >= 11 is 0. The minimum absolute atomic E-state index is 0.109. The highest BCUT2D eigenvalue weighted by Gasteiger charge is 2.51. The third-order valence-electron chi connectivity index (χ3n) is 6.15. The Morgan fingerprint density at radius 3 is 2.69 bits per heavy atom. The zero-order valence-corrected chi connectivity index (χ0v) is 16.6. The maximum atomic E-state index is 13.9. The number of aromatic nitrogens is 1. The van der Waals surface area contributed by atoms with Crippen LogP contribution in [0.4, 0.5) is 4.39 Å². The molecule has 0 N–H and O–H groups in total. The maximum Gasteiger partial charge on any atom is 0.312 e. The molecule has 0 aromatic carbocycles. The number of likely N-dealkylation sites (tertiary alicyclic amines) is 1. The smallest absolute Gasteiger partial charge is 0.312 e. The Kier molecular flexibility index (Phi) is 5.69. The van der Waals surface area contributed by atoms with Gasteiger partial charge in [0.05, 0.1) is 31.3 Å². The van der Waals surface area contributed by atoms with Crippen LogP contribution in [0.15, 0.2) is 12.3 Å². The van der Waals surface area contributed by atoms with Gasteiger partial charge in [0.1, 0.15) is 6.10 Å². The lowest BCUT2D eigenvalue weighted by molar-refractivity contribution is -0.151. The van der Waals surface area contributed by atoms with Gasteiger partial charge in [-0.2, -0.15) is 0 Å². The maximum absolute atomic E-state index is 13.9. The van der Waals surface area contributed by atoms with Crippen molar-refractivity contribution in [1.29, 1.82) is 0 Å². The number of esters is 1. The average molecular weight is 407 g/mol. The Hall–Kier alpha value is -2.26. The third kappa shape index (κ3) is 4.06. The van der Waals surface area contributed by atoms with Crippen molar-refractivity contribution in [2.45, 2.75) is 25.4 Å². The van der Waals surface area contributed by atoms with Crippen molar-refractivity contribution in [3.8, 4) is 5.88 Å². The van der Waals surface area contributed by atoms with Gasteiger partial charge in [-0.1, -0.05) is 0 Å². The molecule has 3 aliphatic heterocycles. The van der Waals surface area contributed by atoms with E-state index in [4.69, 9.17) is 14.2 Å². The number of hydrogen-bond acceptors (Lipinski definition) is 7. The van der Waals surface area contributed by atoms with Crippen LogP contribution in [0, 0.1) is 11.2 Å². The van der Waals surface area contributed by atoms with Gasteiger partial charge in [-0.25, -0.2) is 9.37 Å². The average Bonchev–Trinajstić information content (AvgIpc) is 3.03. The van der Waals surface area contributed by atoms with Crippen LogP contribution in [0.3, 0.4) is 0 Å². The normalized spacial score (nSPS) is 24.6. The van der Waals surface area contributed by atoms with E-state index in [1.54, 1.807) is 4.90 Å². The predicted octanol–water partition coefficient (Wildman–Crippen LogP) is 1.10. The van der Waals surface area contributed by atoms with E-state index in [2.05, 4.69) is 9.88 Å². The van der Waals surface area contributed by atoms with Gasteiger partial charge >= 0.3 is 5.97 Å². The number of halogens is 1. The number of methoxy groups -OCH3 is 1. The van der Waals surface area contributed by atoms with Crippen molar-refractivity contribution in [2.24, 2.45) is 5.41 Å². The molecule has 8 nitrogen and oxygen atoms in total. The molecule has 3 saturated heterocycles.